The van der Waals surface area contributed by atoms with E-state index in [0.29, 0.717) is 17.8 Å². The predicted octanol–water partition coefficient (Wildman–Crippen LogP) is 4.97. The van der Waals surface area contributed by atoms with E-state index in [1.54, 1.807) is 7.11 Å². The van der Waals surface area contributed by atoms with Crippen molar-refractivity contribution in [3.05, 3.63) is 0 Å². The lowest BCUT2D eigenvalue weighted by Gasteiger charge is -2.44. The van der Waals surface area contributed by atoms with Crippen LogP contribution in [0.25, 0.3) is 0 Å². The number of hydrogen-bond acceptors (Lipinski definition) is 6. The van der Waals surface area contributed by atoms with Gasteiger partial charge < -0.3 is 23.8 Å². The van der Waals surface area contributed by atoms with Crippen molar-refractivity contribution in [1.82, 2.24) is 9.80 Å². The van der Waals surface area contributed by atoms with E-state index in [1.807, 2.05) is 9.80 Å². The van der Waals surface area contributed by atoms with Crippen molar-refractivity contribution >= 4 is 6.09 Å². The quantitative estimate of drug-likeness (QED) is 0.344. The van der Waals surface area contributed by atoms with Crippen LogP contribution in [0.4, 0.5) is 13.6 Å². The molecule has 38 heavy (non-hydrogen) atoms. The average molecular weight is 543 g/mol. The maximum Gasteiger partial charge on any atom is 0.410 e. The second kappa shape index (κ2) is 11.5. The predicted molar refractivity (Wildman–Crippen MR) is 139 cm³/mol. The fraction of sp³-hybridized carbons (Fsp3) is 0.966. The zero-order chi connectivity index (χ0) is 27.1. The van der Waals surface area contributed by atoms with Gasteiger partial charge in [-0.2, -0.15) is 0 Å². The number of nitrogens with zero attached hydrogens (tertiary/aromatic N) is 2. The number of epoxide rings is 2. The van der Waals surface area contributed by atoms with E-state index in [9.17, 15) is 13.6 Å². The third-order valence-corrected chi connectivity index (χ3v) is 10.1. The molecule has 5 rings (SSSR count). The van der Waals surface area contributed by atoms with Crippen LogP contribution in [0.15, 0.2) is 0 Å². The molecule has 0 unspecified atom stereocenters. The van der Waals surface area contributed by atoms with Gasteiger partial charge in [0, 0.05) is 20.2 Å². The van der Waals surface area contributed by atoms with E-state index >= 15 is 0 Å². The maximum atomic E-state index is 13.0. The summed E-state index contributed by atoms with van der Waals surface area (Å²) in [5.74, 6) is 1.81. The van der Waals surface area contributed by atoms with E-state index in [2.05, 4.69) is 20.8 Å². The maximum absolute atomic E-state index is 13.0. The summed E-state index contributed by atoms with van der Waals surface area (Å²) in [5, 5.41) is 0. The minimum Gasteiger partial charge on any atom is -0.443 e. The Hall–Kier alpha value is -1.03. The zero-order valence-corrected chi connectivity index (χ0v) is 23.7. The summed E-state index contributed by atoms with van der Waals surface area (Å²) in [6.07, 6.45) is 5.16. The molecule has 1 amide bonds. The van der Waals surface area contributed by atoms with Crippen LogP contribution < -0.4 is 0 Å². The first-order chi connectivity index (χ1) is 18.1. The number of carbonyl (C=O) groups is 1. The van der Waals surface area contributed by atoms with Crippen LogP contribution in [-0.2, 0) is 18.9 Å². The van der Waals surface area contributed by atoms with Crippen LogP contribution >= 0.6 is 0 Å². The lowest BCUT2D eigenvalue weighted by molar-refractivity contribution is -0.124. The van der Waals surface area contributed by atoms with E-state index < -0.39 is 6.43 Å². The summed E-state index contributed by atoms with van der Waals surface area (Å²) in [4.78, 5) is 16.7. The molecule has 5 fully saturated rings. The highest BCUT2D eigenvalue weighted by atomic mass is 19.3. The molecular weight excluding hydrogens is 494 g/mol. The van der Waals surface area contributed by atoms with Crippen LogP contribution in [0, 0.1) is 23.7 Å². The average Bonchev–Trinajstić information content (AvgIpc) is 3.75. The summed E-state index contributed by atoms with van der Waals surface area (Å²) in [7, 11) is 1.71. The fourth-order valence-electron chi connectivity index (χ4n) is 7.51. The Kier molecular flexibility index (Phi) is 8.59. The second-order valence-corrected chi connectivity index (χ2v) is 13.2. The number of piperidine rings is 1. The first-order valence-electron chi connectivity index (χ1n) is 14.9. The molecule has 4 saturated heterocycles. The molecule has 4 aliphatic heterocycles. The summed E-state index contributed by atoms with van der Waals surface area (Å²) < 4.78 is 49.6. The van der Waals surface area contributed by atoms with Gasteiger partial charge in [-0.25, -0.2) is 13.6 Å². The van der Waals surface area contributed by atoms with E-state index in [-0.39, 0.29) is 48.1 Å². The van der Waals surface area contributed by atoms with Gasteiger partial charge >= 0.3 is 6.09 Å². The summed E-state index contributed by atoms with van der Waals surface area (Å²) in [6, 6.07) is 0. The second-order valence-electron chi connectivity index (χ2n) is 13.2. The van der Waals surface area contributed by atoms with Crippen LogP contribution in [0.5, 0.6) is 0 Å². The normalized spacial score (nSPS) is 38.2. The Labute approximate surface area is 226 Å². The molecule has 0 radical (unpaired) electrons. The molecule has 9 heteroatoms. The highest BCUT2D eigenvalue weighted by Gasteiger charge is 2.72. The first-order valence-corrected chi connectivity index (χ1v) is 14.9. The van der Waals surface area contributed by atoms with Gasteiger partial charge in [0.25, 0.3) is 6.43 Å². The van der Waals surface area contributed by atoms with Crippen LogP contribution in [0.2, 0.25) is 0 Å². The lowest BCUT2D eigenvalue weighted by Crippen LogP contribution is -2.57. The molecule has 0 aromatic heterocycles. The van der Waals surface area contributed by atoms with Crippen LogP contribution in [0.1, 0.15) is 72.1 Å². The molecule has 0 aromatic rings. The number of rotatable bonds is 11. The van der Waals surface area contributed by atoms with Crippen molar-refractivity contribution in [3.8, 4) is 0 Å². The Bertz CT molecular complexity index is 813. The van der Waals surface area contributed by atoms with Gasteiger partial charge in [0.15, 0.2) is 0 Å². The van der Waals surface area contributed by atoms with Crippen molar-refractivity contribution < 1.29 is 32.5 Å². The third kappa shape index (κ3) is 6.16. The molecule has 1 aliphatic carbocycles. The standard InChI is InChI=1S/C29H48F2N2O5/c1-19(2)5-8-23-28(3,38-23)26-25(35-4)22(9-12-29(26)18-36-29)37-27(34)33-15-21(16-33)7-6-20-10-13-32(14-11-20)17-24(30)31/h19-26H,5-18H2,1-4H3/t22-,23-,25-,26-,28+,29+/m1/s1. The molecular formula is C29H48F2N2O5. The Morgan fingerprint density at radius 2 is 1.76 bits per heavy atom. The number of carbonyl (C=O) groups excluding carboxylic acids is 1. The minimum absolute atomic E-state index is 0.0555. The van der Waals surface area contributed by atoms with Crippen molar-refractivity contribution in [2.24, 2.45) is 23.7 Å². The van der Waals surface area contributed by atoms with Gasteiger partial charge in [0.1, 0.15) is 23.4 Å². The number of hydrogen-bond donors (Lipinski definition) is 0. The molecule has 1 spiro atoms. The molecule has 218 valence electrons. The molecule has 7 nitrogen and oxygen atoms in total. The number of alkyl halides is 2. The number of likely N-dealkylation sites (tertiary alicyclic amines) is 2. The number of methoxy groups -OCH3 is 1. The molecule has 0 aromatic carbocycles. The molecule has 1 saturated carbocycles. The largest absolute Gasteiger partial charge is 0.443 e. The van der Waals surface area contributed by atoms with E-state index in [1.165, 1.54) is 0 Å². The van der Waals surface area contributed by atoms with Gasteiger partial charge in [0.05, 0.1) is 25.2 Å². The SMILES string of the molecule is CO[C@@H]1[C@H](OC(=O)N2CC(CCC3CCN(CC(F)F)CC3)C2)CC[C@]2(CO2)[C@H]1[C@@]1(C)O[C@@H]1CCC(C)C. The monoisotopic (exact) mass is 542 g/mol. The Balaban J connectivity index is 1.07. The zero-order valence-electron chi connectivity index (χ0n) is 23.7. The molecule has 6 atom stereocenters. The van der Waals surface area contributed by atoms with Gasteiger partial charge in [-0.05, 0) is 89.1 Å². The van der Waals surface area contributed by atoms with Gasteiger partial charge in [-0.15, -0.1) is 0 Å². The summed E-state index contributed by atoms with van der Waals surface area (Å²) >= 11 is 0. The Morgan fingerprint density at radius 1 is 1.08 bits per heavy atom. The van der Waals surface area contributed by atoms with Crippen LogP contribution in [0.3, 0.4) is 0 Å². The lowest BCUT2D eigenvalue weighted by atomic mass is 9.68. The Morgan fingerprint density at radius 3 is 2.37 bits per heavy atom. The van der Waals surface area contributed by atoms with Gasteiger partial charge in [-0.3, -0.25) is 4.90 Å². The first kappa shape index (κ1) is 28.5. The highest BCUT2D eigenvalue weighted by Crippen LogP contribution is 2.59. The smallest absolute Gasteiger partial charge is 0.410 e. The topological polar surface area (TPSA) is 67.1 Å². The molecule has 0 bridgehead atoms. The molecule has 4 heterocycles. The molecule has 0 N–H and O–H groups in total. The van der Waals surface area contributed by atoms with Gasteiger partial charge in [-0.1, -0.05) is 13.8 Å². The summed E-state index contributed by atoms with van der Waals surface area (Å²) in [5.41, 5.74) is -0.503. The highest BCUT2D eigenvalue weighted by molar-refractivity contribution is 5.69. The summed E-state index contributed by atoms with van der Waals surface area (Å²) in [6.45, 7) is 10.3. The number of ether oxygens (including phenoxy) is 4. The minimum atomic E-state index is -2.24. The van der Waals surface area contributed by atoms with Crippen molar-refractivity contribution in [2.75, 3.05) is 46.4 Å². The number of amides is 1. The van der Waals surface area contributed by atoms with Crippen molar-refractivity contribution in [3.63, 3.8) is 0 Å². The third-order valence-electron chi connectivity index (χ3n) is 10.1. The van der Waals surface area contributed by atoms with Crippen molar-refractivity contribution in [1.29, 1.82) is 0 Å². The number of halogens is 2. The van der Waals surface area contributed by atoms with Crippen molar-refractivity contribution in [2.45, 2.75) is 108 Å². The molecule has 5 aliphatic rings. The van der Waals surface area contributed by atoms with Crippen LogP contribution in [-0.4, -0.2) is 98.3 Å². The fourth-order valence-corrected chi connectivity index (χ4v) is 7.51. The van der Waals surface area contributed by atoms with Gasteiger partial charge in [0.2, 0.25) is 0 Å². The van der Waals surface area contributed by atoms with E-state index in [4.69, 9.17) is 18.9 Å². The van der Waals surface area contributed by atoms with E-state index in [0.717, 1.165) is 84.2 Å².